The van der Waals surface area contributed by atoms with E-state index in [0.717, 1.165) is 16.8 Å². The van der Waals surface area contributed by atoms with Crippen LogP contribution in [0.1, 0.15) is 34.6 Å². The summed E-state index contributed by atoms with van der Waals surface area (Å²) in [5.74, 6) is 1.13. The van der Waals surface area contributed by atoms with E-state index >= 15 is 0 Å². The predicted octanol–water partition coefficient (Wildman–Crippen LogP) is 2.78. The van der Waals surface area contributed by atoms with Crippen molar-refractivity contribution in [1.29, 1.82) is 0 Å². The number of carbonyl (C=O) groups excluding carboxylic acids is 1. The van der Waals surface area contributed by atoms with Crippen molar-refractivity contribution in [2.24, 2.45) is 5.92 Å². The average molecular weight is 232 g/mol. The van der Waals surface area contributed by atoms with Crippen LogP contribution in [0.25, 0.3) is 0 Å². The van der Waals surface area contributed by atoms with Crippen molar-refractivity contribution in [3.8, 4) is 0 Å². The largest absolute Gasteiger partial charge is 0.324 e. The van der Waals surface area contributed by atoms with Gasteiger partial charge in [-0.25, -0.2) is 0 Å². The topological polar surface area (TPSA) is 17.1 Å². The standard InChI is InChI=1S/C12H26NOS/c1-6-13(7-2,8-3)9-10-15-12(14)11(4)5/h11H,6-10H2,1-5H3/q+1. The van der Waals surface area contributed by atoms with E-state index in [4.69, 9.17) is 0 Å². The minimum atomic E-state index is 0.168. The minimum absolute atomic E-state index is 0.168. The van der Waals surface area contributed by atoms with E-state index in [2.05, 4.69) is 20.8 Å². The first-order valence-corrected chi connectivity index (χ1v) is 7.01. The second-order valence-electron chi connectivity index (χ2n) is 4.34. The molecule has 0 aromatic rings. The Labute approximate surface area is 99.0 Å². The molecule has 0 aliphatic carbocycles. The highest BCUT2D eigenvalue weighted by molar-refractivity contribution is 8.13. The molecule has 0 amide bonds. The summed E-state index contributed by atoms with van der Waals surface area (Å²) in [5.41, 5.74) is 0. The van der Waals surface area contributed by atoms with Crippen molar-refractivity contribution >= 4 is 16.9 Å². The summed E-state index contributed by atoms with van der Waals surface area (Å²) < 4.78 is 1.14. The van der Waals surface area contributed by atoms with E-state index in [1.807, 2.05) is 13.8 Å². The Morgan fingerprint density at radius 3 is 1.93 bits per heavy atom. The van der Waals surface area contributed by atoms with Crippen molar-refractivity contribution in [3.05, 3.63) is 0 Å². The van der Waals surface area contributed by atoms with Crippen LogP contribution in [0.3, 0.4) is 0 Å². The van der Waals surface area contributed by atoms with Crippen LogP contribution in [-0.4, -0.2) is 41.5 Å². The van der Waals surface area contributed by atoms with Crippen LogP contribution in [0, 0.1) is 5.92 Å². The fourth-order valence-corrected chi connectivity index (χ4v) is 2.66. The Bertz CT molecular complexity index is 180. The molecule has 0 bridgehead atoms. The number of hydrogen-bond donors (Lipinski definition) is 0. The SMILES string of the molecule is CC[N+](CC)(CC)CCSC(=O)C(C)C. The van der Waals surface area contributed by atoms with Gasteiger partial charge in [0.1, 0.15) is 0 Å². The summed E-state index contributed by atoms with van der Waals surface area (Å²) in [6, 6.07) is 0. The number of thioether (sulfide) groups is 1. The maximum absolute atomic E-state index is 11.4. The summed E-state index contributed by atoms with van der Waals surface area (Å²) >= 11 is 1.50. The van der Waals surface area contributed by atoms with Gasteiger partial charge < -0.3 is 4.48 Å². The zero-order valence-electron chi connectivity index (χ0n) is 10.9. The molecular formula is C12H26NOS+. The van der Waals surface area contributed by atoms with Crippen LogP contribution in [0.2, 0.25) is 0 Å². The molecule has 0 aliphatic rings. The smallest absolute Gasteiger partial charge is 0.191 e. The van der Waals surface area contributed by atoms with Gasteiger partial charge in [-0.1, -0.05) is 25.6 Å². The van der Waals surface area contributed by atoms with Crippen molar-refractivity contribution in [3.63, 3.8) is 0 Å². The zero-order valence-corrected chi connectivity index (χ0v) is 11.7. The first-order valence-electron chi connectivity index (χ1n) is 6.03. The molecule has 0 radical (unpaired) electrons. The molecule has 0 rings (SSSR count). The first-order chi connectivity index (χ1) is 7.01. The Morgan fingerprint density at radius 2 is 1.60 bits per heavy atom. The van der Waals surface area contributed by atoms with Crippen LogP contribution in [0.4, 0.5) is 0 Å². The van der Waals surface area contributed by atoms with E-state index in [0.29, 0.717) is 5.12 Å². The van der Waals surface area contributed by atoms with Crippen LogP contribution in [-0.2, 0) is 4.79 Å². The van der Waals surface area contributed by atoms with E-state index in [9.17, 15) is 4.79 Å². The fourth-order valence-electron chi connectivity index (χ4n) is 1.65. The normalized spacial score (nSPS) is 12.1. The monoisotopic (exact) mass is 232 g/mol. The van der Waals surface area contributed by atoms with Crippen molar-refractivity contribution < 1.29 is 9.28 Å². The number of carbonyl (C=O) groups is 1. The van der Waals surface area contributed by atoms with Gasteiger partial charge in [0.15, 0.2) is 5.12 Å². The molecular weight excluding hydrogens is 206 g/mol. The summed E-state index contributed by atoms with van der Waals surface area (Å²) in [7, 11) is 0. The molecule has 0 aromatic carbocycles. The van der Waals surface area contributed by atoms with Gasteiger partial charge in [0, 0.05) is 5.92 Å². The Hall–Kier alpha value is -0.0200. The summed E-state index contributed by atoms with van der Waals surface area (Å²) in [6.45, 7) is 15.3. The molecule has 15 heavy (non-hydrogen) atoms. The van der Waals surface area contributed by atoms with E-state index < -0.39 is 0 Å². The molecule has 3 heteroatoms. The van der Waals surface area contributed by atoms with Crippen LogP contribution in [0.15, 0.2) is 0 Å². The predicted molar refractivity (Wildman–Crippen MR) is 69.1 cm³/mol. The number of rotatable bonds is 7. The third kappa shape index (κ3) is 5.03. The van der Waals surface area contributed by atoms with Gasteiger partial charge in [-0.05, 0) is 20.8 Å². The lowest BCUT2D eigenvalue weighted by Crippen LogP contribution is -2.49. The maximum atomic E-state index is 11.4. The van der Waals surface area contributed by atoms with Gasteiger partial charge in [-0.15, -0.1) is 0 Å². The fraction of sp³-hybridized carbons (Fsp3) is 0.917. The minimum Gasteiger partial charge on any atom is -0.324 e. The van der Waals surface area contributed by atoms with Gasteiger partial charge in [-0.3, -0.25) is 4.79 Å². The van der Waals surface area contributed by atoms with Crippen molar-refractivity contribution in [1.82, 2.24) is 0 Å². The van der Waals surface area contributed by atoms with Crippen molar-refractivity contribution in [2.45, 2.75) is 34.6 Å². The molecule has 0 saturated heterocycles. The molecule has 0 fully saturated rings. The summed E-state index contributed by atoms with van der Waals surface area (Å²) in [6.07, 6.45) is 0. The average Bonchev–Trinajstić information content (AvgIpc) is 2.24. The molecule has 0 N–H and O–H groups in total. The zero-order chi connectivity index (χ0) is 11.9. The molecule has 0 unspecified atom stereocenters. The van der Waals surface area contributed by atoms with E-state index in [1.165, 1.54) is 31.4 Å². The lowest BCUT2D eigenvalue weighted by Gasteiger charge is -2.35. The van der Waals surface area contributed by atoms with Crippen molar-refractivity contribution in [2.75, 3.05) is 31.9 Å². The molecule has 0 heterocycles. The number of hydrogen-bond acceptors (Lipinski definition) is 2. The van der Waals surface area contributed by atoms with Crippen LogP contribution in [0.5, 0.6) is 0 Å². The molecule has 0 saturated carbocycles. The van der Waals surface area contributed by atoms with E-state index in [-0.39, 0.29) is 5.92 Å². The lowest BCUT2D eigenvalue weighted by molar-refractivity contribution is -0.920. The quantitative estimate of drug-likeness (QED) is 0.628. The van der Waals surface area contributed by atoms with Gasteiger partial charge >= 0.3 is 0 Å². The Balaban J connectivity index is 3.96. The van der Waals surface area contributed by atoms with Gasteiger partial charge in [0.2, 0.25) is 0 Å². The Kier molecular flexibility index (Phi) is 7.28. The van der Waals surface area contributed by atoms with Crippen LogP contribution < -0.4 is 0 Å². The molecule has 90 valence electrons. The highest BCUT2D eigenvalue weighted by atomic mass is 32.2. The maximum Gasteiger partial charge on any atom is 0.191 e. The molecule has 2 nitrogen and oxygen atoms in total. The number of quaternary nitrogens is 1. The molecule has 0 spiro atoms. The highest BCUT2D eigenvalue weighted by Crippen LogP contribution is 2.13. The van der Waals surface area contributed by atoms with Crippen LogP contribution >= 0.6 is 11.8 Å². The number of nitrogens with zero attached hydrogens (tertiary/aromatic N) is 1. The first kappa shape index (κ1) is 15.0. The third-order valence-corrected chi connectivity index (χ3v) is 4.44. The lowest BCUT2D eigenvalue weighted by atomic mass is 10.3. The summed E-state index contributed by atoms with van der Waals surface area (Å²) in [5, 5.41) is 0.330. The van der Waals surface area contributed by atoms with Gasteiger partial charge in [0.05, 0.1) is 31.9 Å². The second kappa shape index (κ2) is 7.29. The molecule has 0 aromatic heterocycles. The van der Waals surface area contributed by atoms with Gasteiger partial charge in [0.25, 0.3) is 0 Å². The third-order valence-electron chi connectivity index (χ3n) is 3.29. The highest BCUT2D eigenvalue weighted by Gasteiger charge is 2.20. The Morgan fingerprint density at radius 1 is 1.13 bits per heavy atom. The molecule has 0 atom stereocenters. The second-order valence-corrected chi connectivity index (χ2v) is 5.44. The molecule has 0 aliphatic heterocycles. The summed E-state index contributed by atoms with van der Waals surface area (Å²) in [4.78, 5) is 11.4. The van der Waals surface area contributed by atoms with Gasteiger partial charge in [-0.2, -0.15) is 0 Å². The van der Waals surface area contributed by atoms with E-state index in [1.54, 1.807) is 0 Å².